The van der Waals surface area contributed by atoms with Crippen LogP contribution in [0.15, 0.2) is 68.0 Å². The van der Waals surface area contributed by atoms with Crippen LogP contribution in [-0.2, 0) is 16.2 Å². The van der Waals surface area contributed by atoms with Gasteiger partial charge in [-0.1, -0.05) is 108 Å². The third kappa shape index (κ3) is 2.65. The first-order valence-electron chi connectivity index (χ1n) is 12.5. The third-order valence-electron chi connectivity index (χ3n) is 9.15. The maximum Gasteiger partial charge on any atom is 0.0178 e. The van der Waals surface area contributed by atoms with Gasteiger partial charge in [0.2, 0.25) is 0 Å². The van der Waals surface area contributed by atoms with Crippen LogP contribution in [0.5, 0.6) is 0 Å². The van der Waals surface area contributed by atoms with Crippen molar-refractivity contribution >= 4 is 47.8 Å². The molecule has 3 aliphatic carbocycles. The second-order valence-corrected chi connectivity index (χ2v) is 14.9. The van der Waals surface area contributed by atoms with Crippen molar-refractivity contribution in [2.24, 2.45) is 0 Å². The highest BCUT2D eigenvalue weighted by Crippen LogP contribution is 2.67. The predicted molar refractivity (Wildman–Crippen MR) is 162 cm³/mol. The highest BCUT2D eigenvalue weighted by atomic mass is 79.9. The average molecular weight is 663 g/mol. The Bertz CT molecular complexity index is 1460. The Hall–Kier alpha value is -1.68. The van der Waals surface area contributed by atoms with E-state index in [9.17, 15) is 0 Å². The van der Waals surface area contributed by atoms with E-state index in [0.29, 0.717) is 0 Å². The van der Waals surface area contributed by atoms with Crippen LogP contribution in [0.2, 0.25) is 0 Å². The van der Waals surface area contributed by atoms with Crippen LogP contribution in [0, 0.1) is 0 Å². The molecule has 0 aromatic heterocycles. The van der Waals surface area contributed by atoms with Gasteiger partial charge in [-0.05, 0) is 103 Å². The summed E-state index contributed by atoms with van der Waals surface area (Å²) >= 11 is 11.3. The van der Waals surface area contributed by atoms with E-state index < -0.39 is 0 Å². The molecule has 0 bridgehead atoms. The lowest BCUT2D eigenvalue weighted by Gasteiger charge is -2.31. The summed E-state index contributed by atoms with van der Waals surface area (Å²) in [5.74, 6) is 0. The summed E-state index contributed by atoms with van der Waals surface area (Å²) < 4.78 is 3.43. The van der Waals surface area contributed by atoms with Crippen LogP contribution in [0.1, 0.15) is 74.9 Å². The molecule has 180 valence electrons. The molecule has 0 aliphatic heterocycles. The molecule has 3 heteroatoms. The summed E-state index contributed by atoms with van der Waals surface area (Å²) in [6, 6.07) is 20.7. The molecule has 0 saturated heterocycles. The first kappa shape index (κ1) is 23.4. The molecule has 0 N–H and O–H groups in total. The molecule has 4 aromatic carbocycles. The third-order valence-corrected chi connectivity index (χ3v) is 10.6. The monoisotopic (exact) mass is 660 g/mol. The van der Waals surface area contributed by atoms with Crippen molar-refractivity contribution in [1.82, 2.24) is 0 Å². The quantitative estimate of drug-likeness (QED) is 0.176. The molecule has 36 heavy (non-hydrogen) atoms. The average Bonchev–Trinajstić information content (AvgIpc) is 3.27. The molecule has 3 aliphatic rings. The van der Waals surface area contributed by atoms with Gasteiger partial charge in [-0.3, -0.25) is 0 Å². The minimum atomic E-state index is -0.107. The van der Waals surface area contributed by atoms with Gasteiger partial charge in [-0.15, -0.1) is 0 Å². The molecule has 4 aromatic rings. The second-order valence-electron chi connectivity index (χ2n) is 12.2. The number of hydrogen-bond acceptors (Lipinski definition) is 0. The standard InChI is InChI=1S/C33H27Br3/c1-31(2)22-13-16(34)7-10-19(22)25-28(31)26-20-11-8-17(35)14-23(20)32(3,4)30(26)27-21-12-9-18(36)15-24(21)33(5,6)29(25)27/h7-15H,1-6H3. The van der Waals surface area contributed by atoms with Gasteiger partial charge in [0, 0.05) is 29.7 Å². The Morgan fingerprint density at radius 3 is 0.917 bits per heavy atom. The smallest absolute Gasteiger partial charge is 0.0178 e. The zero-order valence-corrected chi connectivity index (χ0v) is 26.1. The minimum absolute atomic E-state index is 0.107. The van der Waals surface area contributed by atoms with Gasteiger partial charge in [0.15, 0.2) is 0 Å². The van der Waals surface area contributed by atoms with Gasteiger partial charge >= 0.3 is 0 Å². The summed E-state index contributed by atoms with van der Waals surface area (Å²) in [5, 5.41) is 0. The second kappa shape index (κ2) is 7.04. The van der Waals surface area contributed by atoms with Crippen molar-refractivity contribution in [3.8, 4) is 33.4 Å². The summed E-state index contributed by atoms with van der Waals surface area (Å²) in [6.07, 6.45) is 0. The molecule has 0 unspecified atom stereocenters. The zero-order chi connectivity index (χ0) is 25.5. The topological polar surface area (TPSA) is 0 Å². The molecule has 0 fully saturated rings. The maximum absolute atomic E-state index is 3.78. The SMILES string of the molecule is CC1(C)c2cc(Br)ccc2-c2c1c1c(c3c2C(C)(C)c2cc(Br)ccc2-3)C(C)(C)c2cc(Br)ccc2-1. The van der Waals surface area contributed by atoms with Crippen LogP contribution in [0.25, 0.3) is 33.4 Å². The van der Waals surface area contributed by atoms with E-state index in [1.54, 1.807) is 0 Å². The zero-order valence-electron chi connectivity index (χ0n) is 21.3. The molecule has 0 amide bonds. The van der Waals surface area contributed by atoms with Crippen LogP contribution in [0.4, 0.5) is 0 Å². The summed E-state index contributed by atoms with van der Waals surface area (Å²) in [7, 11) is 0. The van der Waals surface area contributed by atoms with E-state index in [0.717, 1.165) is 13.4 Å². The number of fused-ring (bicyclic) bond motifs is 12. The highest BCUT2D eigenvalue weighted by Gasteiger charge is 2.52. The van der Waals surface area contributed by atoms with E-state index in [1.807, 2.05) is 0 Å². The number of benzene rings is 4. The molecule has 0 heterocycles. The summed E-state index contributed by atoms with van der Waals surface area (Å²) in [4.78, 5) is 0. The first-order chi connectivity index (χ1) is 16.9. The molecule has 0 spiro atoms. The molecular weight excluding hydrogens is 636 g/mol. The van der Waals surface area contributed by atoms with Crippen molar-refractivity contribution in [2.45, 2.75) is 57.8 Å². The molecule has 0 saturated carbocycles. The lowest BCUT2D eigenvalue weighted by molar-refractivity contribution is 0.635. The Morgan fingerprint density at radius 2 is 0.667 bits per heavy atom. The van der Waals surface area contributed by atoms with Crippen LogP contribution < -0.4 is 0 Å². The molecular formula is C33H27Br3. The van der Waals surface area contributed by atoms with E-state index >= 15 is 0 Å². The Morgan fingerprint density at radius 1 is 0.417 bits per heavy atom. The van der Waals surface area contributed by atoms with Crippen molar-refractivity contribution < 1.29 is 0 Å². The number of hydrogen-bond donors (Lipinski definition) is 0. The first-order valence-corrected chi connectivity index (χ1v) is 14.9. The van der Waals surface area contributed by atoms with Crippen molar-refractivity contribution in [2.75, 3.05) is 0 Å². The van der Waals surface area contributed by atoms with Gasteiger partial charge in [-0.25, -0.2) is 0 Å². The lowest BCUT2D eigenvalue weighted by atomic mass is 9.71. The Kier molecular flexibility index (Phi) is 4.58. The van der Waals surface area contributed by atoms with Crippen molar-refractivity contribution in [3.05, 3.63) is 101 Å². The number of rotatable bonds is 0. The molecule has 7 rings (SSSR count). The Balaban J connectivity index is 1.76. The fraction of sp³-hybridized carbons (Fsp3) is 0.273. The fourth-order valence-electron chi connectivity index (χ4n) is 7.59. The lowest BCUT2D eigenvalue weighted by Crippen LogP contribution is -2.22. The van der Waals surface area contributed by atoms with E-state index in [4.69, 9.17) is 0 Å². The molecule has 0 atom stereocenters. The van der Waals surface area contributed by atoms with Gasteiger partial charge in [0.1, 0.15) is 0 Å². The predicted octanol–water partition coefficient (Wildman–Crippen LogP) is 10.9. The van der Waals surface area contributed by atoms with Crippen molar-refractivity contribution in [1.29, 1.82) is 0 Å². The van der Waals surface area contributed by atoms with Gasteiger partial charge in [0.05, 0.1) is 0 Å². The van der Waals surface area contributed by atoms with Crippen LogP contribution >= 0.6 is 47.8 Å². The van der Waals surface area contributed by atoms with E-state index in [-0.39, 0.29) is 16.2 Å². The fourth-order valence-corrected chi connectivity index (χ4v) is 8.67. The number of halogens is 3. The van der Waals surface area contributed by atoms with Gasteiger partial charge in [0.25, 0.3) is 0 Å². The molecule has 0 nitrogen and oxygen atoms in total. The van der Waals surface area contributed by atoms with Crippen molar-refractivity contribution in [3.63, 3.8) is 0 Å². The van der Waals surface area contributed by atoms with Gasteiger partial charge in [-0.2, -0.15) is 0 Å². The normalized spacial score (nSPS) is 18.2. The summed E-state index contributed by atoms with van der Waals surface area (Å²) in [5.41, 5.74) is 17.0. The molecule has 0 radical (unpaired) electrons. The van der Waals surface area contributed by atoms with Crippen LogP contribution in [0.3, 0.4) is 0 Å². The van der Waals surface area contributed by atoms with Crippen LogP contribution in [-0.4, -0.2) is 0 Å². The maximum atomic E-state index is 3.78. The Labute approximate surface area is 238 Å². The van der Waals surface area contributed by atoms with E-state index in [2.05, 4.69) is 144 Å². The minimum Gasteiger partial charge on any atom is -0.0529 e. The van der Waals surface area contributed by atoms with Gasteiger partial charge < -0.3 is 0 Å². The summed E-state index contributed by atoms with van der Waals surface area (Å²) in [6.45, 7) is 14.5. The largest absolute Gasteiger partial charge is 0.0529 e. The highest BCUT2D eigenvalue weighted by molar-refractivity contribution is 9.11. The van der Waals surface area contributed by atoms with E-state index in [1.165, 1.54) is 66.8 Å².